The Balaban J connectivity index is 1.82. The van der Waals surface area contributed by atoms with E-state index < -0.39 is 11.4 Å². The number of hydrogen-bond donors (Lipinski definition) is 1. The Kier molecular flexibility index (Phi) is 5.67. The molecule has 1 aliphatic rings. The van der Waals surface area contributed by atoms with Gasteiger partial charge >= 0.3 is 5.97 Å². The molecule has 1 fully saturated rings. The van der Waals surface area contributed by atoms with E-state index in [0.29, 0.717) is 36.6 Å². The Morgan fingerprint density at radius 1 is 1.39 bits per heavy atom. The summed E-state index contributed by atoms with van der Waals surface area (Å²) in [4.78, 5) is 25.3. The summed E-state index contributed by atoms with van der Waals surface area (Å²) in [7, 11) is 0. The van der Waals surface area contributed by atoms with Crippen molar-refractivity contribution < 1.29 is 14.7 Å². The van der Waals surface area contributed by atoms with Gasteiger partial charge in [-0.3, -0.25) is 9.59 Å². The summed E-state index contributed by atoms with van der Waals surface area (Å²) in [5.74, 6) is 0.202. The minimum atomic E-state index is -0.833. The zero-order valence-corrected chi connectivity index (χ0v) is 13.9. The SMILES string of the molecule is CC1(C(=O)O)CCCN(C(=O)CSCc2ccc(C#N)cc2)C1. The highest BCUT2D eigenvalue weighted by molar-refractivity contribution is 7.99. The van der Waals surface area contributed by atoms with Gasteiger partial charge in [-0.1, -0.05) is 12.1 Å². The number of carboxylic acid groups (broad SMARTS) is 1. The summed E-state index contributed by atoms with van der Waals surface area (Å²) in [5, 5.41) is 18.1. The third-order valence-corrected chi connectivity index (χ3v) is 5.13. The molecule has 6 heteroatoms. The van der Waals surface area contributed by atoms with Crippen LogP contribution in [0.5, 0.6) is 0 Å². The molecule has 1 aromatic carbocycles. The Morgan fingerprint density at radius 2 is 2.09 bits per heavy atom. The monoisotopic (exact) mass is 332 g/mol. The number of likely N-dealkylation sites (tertiary alicyclic amines) is 1. The Labute approximate surface area is 140 Å². The third kappa shape index (κ3) is 4.49. The average molecular weight is 332 g/mol. The average Bonchev–Trinajstić information content (AvgIpc) is 2.55. The van der Waals surface area contributed by atoms with Crippen molar-refractivity contribution in [2.75, 3.05) is 18.8 Å². The van der Waals surface area contributed by atoms with Gasteiger partial charge in [0.05, 0.1) is 22.8 Å². The lowest BCUT2D eigenvalue weighted by atomic mass is 9.82. The number of hydrogen-bond acceptors (Lipinski definition) is 4. The van der Waals surface area contributed by atoms with E-state index in [0.717, 1.165) is 12.0 Å². The van der Waals surface area contributed by atoms with Gasteiger partial charge in [-0.05, 0) is 37.5 Å². The molecule has 1 aromatic rings. The van der Waals surface area contributed by atoms with Gasteiger partial charge in [0.1, 0.15) is 0 Å². The Morgan fingerprint density at radius 3 is 2.70 bits per heavy atom. The molecule has 0 radical (unpaired) electrons. The number of nitriles is 1. The van der Waals surface area contributed by atoms with Crippen LogP contribution in [-0.2, 0) is 15.3 Å². The quantitative estimate of drug-likeness (QED) is 0.896. The molecule has 1 heterocycles. The highest BCUT2D eigenvalue weighted by Gasteiger charge is 2.39. The smallest absolute Gasteiger partial charge is 0.311 e. The number of carbonyl (C=O) groups is 2. The van der Waals surface area contributed by atoms with E-state index in [2.05, 4.69) is 6.07 Å². The Bertz CT molecular complexity index is 624. The summed E-state index contributed by atoms with van der Waals surface area (Å²) >= 11 is 1.51. The van der Waals surface area contributed by atoms with Crippen molar-refractivity contribution in [1.29, 1.82) is 5.26 Å². The molecule has 0 aromatic heterocycles. The number of thioether (sulfide) groups is 1. The van der Waals surface area contributed by atoms with Crippen LogP contribution in [0.4, 0.5) is 0 Å². The standard InChI is InChI=1S/C17H20N2O3S/c1-17(16(21)22)7-2-8-19(12-17)15(20)11-23-10-14-5-3-13(9-18)4-6-14/h3-6H,2,7-8,10-12H2,1H3,(H,21,22). The minimum absolute atomic E-state index is 0.00387. The van der Waals surface area contributed by atoms with Gasteiger partial charge in [0.2, 0.25) is 5.91 Å². The van der Waals surface area contributed by atoms with E-state index >= 15 is 0 Å². The maximum absolute atomic E-state index is 12.3. The molecule has 1 aliphatic heterocycles. The van der Waals surface area contributed by atoms with Crippen LogP contribution in [0.2, 0.25) is 0 Å². The van der Waals surface area contributed by atoms with Gasteiger partial charge in [-0.2, -0.15) is 5.26 Å². The fraction of sp³-hybridized carbons (Fsp3) is 0.471. The zero-order valence-electron chi connectivity index (χ0n) is 13.1. The predicted octanol–water partition coefficient (Wildman–Crippen LogP) is 2.50. The van der Waals surface area contributed by atoms with Gasteiger partial charge < -0.3 is 10.0 Å². The fourth-order valence-corrected chi connectivity index (χ4v) is 3.54. The first-order valence-electron chi connectivity index (χ1n) is 7.52. The second-order valence-electron chi connectivity index (χ2n) is 6.09. The van der Waals surface area contributed by atoms with E-state index in [-0.39, 0.29) is 5.91 Å². The van der Waals surface area contributed by atoms with Crippen LogP contribution in [0.15, 0.2) is 24.3 Å². The lowest BCUT2D eigenvalue weighted by molar-refractivity contribution is -0.153. The number of piperidine rings is 1. The topological polar surface area (TPSA) is 81.4 Å². The predicted molar refractivity (Wildman–Crippen MR) is 88.9 cm³/mol. The van der Waals surface area contributed by atoms with Crippen molar-refractivity contribution in [2.45, 2.75) is 25.5 Å². The first-order chi connectivity index (χ1) is 10.9. The molecule has 2 rings (SSSR count). The van der Waals surface area contributed by atoms with Crippen LogP contribution in [0.25, 0.3) is 0 Å². The van der Waals surface area contributed by atoms with Crippen molar-refractivity contribution in [3.63, 3.8) is 0 Å². The van der Waals surface area contributed by atoms with Crippen molar-refractivity contribution in [3.05, 3.63) is 35.4 Å². The normalized spacial score (nSPS) is 20.8. The third-order valence-electron chi connectivity index (χ3n) is 4.14. The van der Waals surface area contributed by atoms with E-state index in [1.165, 1.54) is 11.8 Å². The lowest BCUT2D eigenvalue weighted by Gasteiger charge is -2.37. The second kappa shape index (κ2) is 7.51. The van der Waals surface area contributed by atoms with Crippen LogP contribution in [0.3, 0.4) is 0 Å². The van der Waals surface area contributed by atoms with Crippen LogP contribution in [0.1, 0.15) is 30.9 Å². The number of benzene rings is 1. The first-order valence-corrected chi connectivity index (χ1v) is 8.68. The molecular formula is C17H20N2O3S. The van der Waals surface area contributed by atoms with Crippen LogP contribution >= 0.6 is 11.8 Å². The number of rotatable bonds is 5. The van der Waals surface area contributed by atoms with Crippen LogP contribution in [0, 0.1) is 16.7 Å². The van der Waals surface area contributed by atoms with Crippen molar-refractivity contribution in [1.82, 2.24) is 4.90 Å². The van der Waals surface area contributed by atoms with Gasteiger partial charge in [-0.25, -0.2) is 0 Å². The molecule has 1 N–H and O–H groups in total. The maximum atomic E-state index is 12.3. The molecule has 1 unspecified atom stereocenters. The number of nitrogens with zero attached hydrogens (tertiary/aromatic N) is 2. The molecule has 23 heavy (non-hydrogen) atoms. The summed E-state index contributed by atoms with van der Waals surface area (Å²) in [5.41, 5.74) is 0.859. The largest absolute Gasteiger partial charge is 0.481 e. The molecule has 1 atom stereocenters. The highest BCUT2D eigenvalue weighted by atomic mass is 32.2. The molecule has 0 spiro atoms. The maximum Gasteiger partial charge on any atom is 0.311 e. The van der Waals surface area contributed by atoms with Crippen LogP contribution in [-0.4, -0.2) is 40.7 Å². The van der Waals surface area contributed by atoms with E-state index in [1.807, 2.05) is 12.1 Å². The van der Waals surface area contributed by atoms with Crippen molar-refractivity contribution in [2.24, 2.45) is 5.41 Å². The molecule has 0 aliphatic carbocycles. The van der Waals surface area contributed by atoms with Gasteiger partial charge in [-0.15, -0.1) is 11.8 Å². The lowest BCUT2D eigenvalue weighted by Crippen LogP contribution is -2.48. The number of carbonyl (C=O) groups excluding carboxylic acids is 1. The molecule has 5 nitrogen and oxygen atoms in total. The Hall–Kier alpha value is -2.00. The van der Waals surface area contributed by atoms with E-state index in [9.17, 15) is 14.7 Å². The second-order valence-corrected chi connectivity index (χ2v) is 7.07. The molecule has 0 bridgehead atoms. The number of carboxylic acids is 1. The van der Waals surface area contributed by atoms with Gasteiger partial charge in [0, 0.05) is 18.8 Å². The zero-order chi connectivity index (χ0) is 16.9. The minimum Gasteiger partial charge on any atom is -0.481 e. The molecule has 0 saturated carbocycles. The van der Waals surface area contributed by atoms with Crippen molar-refractivity contribution in [3.8, 4) is 6.07 Å². The molecule has 122 valence electrons. The molecule has 1 saturated heterocycles. The molecule has 1 amide bonds. The summed E-state index contributed by atoms with van der Waals surface area (Å²) in [6, 6.07) is 9.38. The summed E-state index contributed by atoms with van der Waals surface area (Å²) in [6.45, 7) is 2.64. The van der Waals surface area contributed by atoms with Crippen LogP contribution < -0.4 is 0 Å². The fourth-order valence-electron chi connectivity index (χ4n) is 2.65. The van der Waals surface area contributed by atoms with E-state index in [1.54, 1.807) is 24.0 Å². The highest BCUT2D eigenvalue weighted by Crippen LogP contribution is 2.30. The van der Waals surface area contributed by atoms with Crippen molar-refractivity contribution >= 4 is 23.6 Å². The first kappa shape index (κ1) is 17.4. The number of aliphatic carboxylic acids is 1. The van der Waals surface area contributed by atoms with Gasteiger partial charge in [0.25, 0.3) is 0 Å². The summed E-state index contributed by atoms with van der Waals surface area (Å²) < 4.78 is 0. The molecular weight excluding hydrogens is 312 g/mol. The van der Waals surface area contributed by atoms with Gasteiger partial charge in [0.15, 0.2) is 0 Å². The summed E-state index contributed by atoms with van der Waals surface area (Å²) in [6.07, 6.45) is 1.35. The number of amides is 1. The van der Waals surface area contributed by atoms with E-state index in [4.69, 9.17) is 5.26 Å².